The van der Waals surface area contributed by atoms with Gasteiger partial charge in [0.25, 0.3) is 0 Å². The third kappa shape index (κ3) is 3.27. The van der Waals surface area contributed by atoms with Gasteiger partial charge in [-0.3, -0.25) is 4.57 Å². The fraction of sp³-hybridized carbons (Fsp3) is 0.688. The first-order chi connectivity index (χ1) is 12.1. The number of hydrogen-bond acceptors (Lipinski definition) is 6. The highest BCUT2D eigenvalue weighted by Gasteiger charge is 2.51. The van der Waals surface area contributed by atoms with Gasteiger partial charge in [-0.2, -0.15) is 0 Å². The highest BCUT2D eigenvalue weighted by molar-refractivity contribution is 6.74. The summed E-state index contributed by atoms with van der Waals surface area (Å²) in [5.74, 6) is 0. The Morgan fingerprint density at radius 3 is 2.65 bits per heavy atom. The normalized spacial score (nSPS) is 27.4. The molecule has 1 fully saturated rings. The van der Waals surface area contributed by atoms with Gasteiger partial charge in [-0.15, -0.1) is 0 Å². The van der Waals surface area contributed by atoms with E-state index in [9.17, 15) is 5.11 Å². The first-order valence-corrected chi connectivity index (χ1v) is 11.8. The summed E-state index contributed by atoms with van der Waals surface area (Å²) >= 11 is 6.01. The van der Waals surface area contributed by atoms with E-state index in [2.05, 4.69) is 35.7 Å². The first-order valence-electron chi connectivity index (χ1n) is 8.48. The Morgan fingerprint density at radius 2 is 2.04 bits per heavy atom. The highest BCUT2D eigenvalue weighted by atomic mass is 35.5. The van der Waals surface area contributed by atoms with Crippen molar-refractivity contribution in [3.05, 3.63) is 17.8 Å². The van der Waals surface area contributed by atoms with Crippen molar-refractivity contribution in [3.63, 3.8) is 0 Å². The van der Waals surface area contributed by atoms with Gasteiger partial charge in [-0.25, -0.2) is 19.3 Å². The third-order valence-electron chi connectivity index (χ3n) is 5.27. The van der Waals surface area contributed by atoms with Crippen LogP contribution in [0.3, 0.4) is 0 Å². The number of aliphatic hydroxyl groups is 1. The van der Waals surface area contributed by atoms with Crippen molar-refractivity contribution in [2.24, 2.45) is 0 Å². The Bertz CT molecular complexity index is 797. The van der Waals surface area contributed by atoms with E-state index in [1.54, 1.807) is 0 Å². The smallest absolute Gasteiger partial charge is 0.192 e. The molecular weight excluding hydrogens is 379 g/mol. The quantitative estimate of drug-likeness (QED) is 0.625. The maximum Gasteiger partial charge on any atom is 0.192 e. The number of hydrogen-bond donors (Lipinski definition) is 1. The molecule has 1 N–H and O–H groups in total. The zero-order valence-corrected chi connectivity index (χ0v) is 17.2. The van der Waals surface area contributed by atoms with Gasteiger partial charge >= 0.3 is 0 Å². The minimum Gasteiger partial charge on any atom is -0.408 e. The Hall–Kier alpha value is -1.13. The van der Waals surface area contributed by atoms with E-state index in [-0.39, 0.29) is 16.8 Å². The van der Waals surface area contributed by atoms with Crippen molar-refractivity contribution in [1.29, 1.82) is 0 Å². The molecule has 0 spiro atoms. The Balaban J connectivity index is 1.92. The average molecular weight is 403 g/mol. The fourth-order valence-electron chi connectivity index (χ4n) is 2.73. The van der Waals surface area contributed by atoms with Crippen LogP contribution in [0.25, 0.3) is 11.2 Å². The molecule has 2 aromatic heterocycles. The maximum atomic E-state index is 15.3. The first kappa shape index (κ1) is 19.6. The lowest BCUT2D eigenvalue weighted by molar-refractivity contribution is -0.0445. The van der Waals surface area contributed by atoms with Crippen molar-refractivity contribution in [2.45, 2.75) is 63.5 Å². The van der Waals surface area contributed by atoms with Crippen LogP contribution in [0.15, 0.2) is 12.7 Å². The number of aliphatic hydroxyl groups excluding tert-OH is 1. The second-order valence-corrected chi connectivity index (χ2v) is 13.1. The lowest BCUT2D eigenvalue weighted by Crippen LogP contribution is -2.49. The largest absolute Gasteiger partial charge is 0.408 e. The van der Waals surface area contributed by atoms with Gasteiger partial charge < -0.3 is 14.3 Å². The predicted octanol–water partition coefficient (Wildman–Crippen LogP) is 3.10. The molecular formula is C16H24ClFN4O3Si. The van der Waals surface area contributed by atoms with Crippen LogP contribution in [-0.4, -0.2) is 57.9 Å². The van der Waals surface area contributed by atoms with Gasteiger partial charge in [0.05, 0.1) is 12.9 Å². The molecule has 1 aliphatic heterocycles. The number of aromatic nitrogens is 4. The highest BCUT2D eigenvalue weighted by Crippen LogP contribution is 2.42. The molecule has 26 heavy (non-hydrogen) atoms. The maximum absolute atomic E-state index is 15.3. The number of imidazole rings is 1. The number of halogens is 2. The molecule has 3 heterocycles. The van der Waals surface area contributed by atoms with E-state index >= 15 is 4.39 Å². The third-order valence-corrected chi connectivity index (χ3v) is 10.0. The lowest BCUT2D eigenvalue weighted by atomic mass is 10.1. The molecule has 0 aliphatic carbocycles. The van der Waals surface area contributed by atoms with Crippen LogP contribution in [0.4, 0.5) is 4.39 Å². The van der Waals surface area contributed by atoms with Gasteiger partial charge in [0.2, 0.25) is 0 Å². The standard InChI is InChI=1S/C16H24ClFN4O3Si/c1-16(2,3)26(4,5)25-12-9(6-23)24-15(10(12)18)22-8-21-11-13(17)19-7-20-14(11)22/h7-10,12,15,23H,6H2,1-5H3/t9-,10-,12?,15-/m1/s1. The monoisotopic (exact) mass is 402 g/mol. The molecule has 7 nitrogen and oxygen atoms in total. The molecule has 3 rings (SSSR count). The van der Waals surface area contributed by atoms with Crippen LogP contribution in [0.2, 0.25) is 23.3 Å². The van der Waals surface area contributed by atoms with E-state index in [0.717, 1.165) is 0 Å². The summed E-state index contributed by atoms with van der Waals surface area (Å²) in [6.07, 6.45) is -1.39. The molecule has 4 atom stereocenters. The second-order valence-electron chi connectivity index (χ2n) is 8.02. The number of fused-ring (bicyclic) bond motifs is 1. The summed E-state index contributed by atoms with van der Waals surface area (Å²) in [5, 5.41) is 9.80. The zero-order valence-electron chi connectivity index (χ0n) is 15.5. The van der Waals surface area contributed by atoms with Crippen molar-refractivity contribution in [1.82, 2.24) is 19.5 Å². The van der Waals surface area contributed by atoms with Crippen LogP contribution in [0, 0.1) is 0 Å². The molecule has 0 radical (unpaired) electrons. The molecule has 1 aliphatic rings. The molecule has 0 aromatic carbocycles. The second kappa shape index (κ2) is 6.79. The van der Waals surface area contributed by atoms with Gasteiger partial charge in [0.15, 0.2) is 31.5 Å². The number of alkyl halides is 1. The van der Waals surface area contributed by atoms with Crippen LogP contribution in [0.5, 0.6) is 0 Å². The number of ether oxygens (including phenoxy) is 1. The van der Waals surface area contributed by atoms with E-state index < -0.39 is 32.9 Å². The molecule has 1 unspecified atom stereocenters. The van der Waals surface area contributed by atoms with Crippen LogP contribution in [-0.2, 0) is 9.16 Å². The van der Waals surface area contributed by atoms with E-state index in [4.69, 9.17) is 20.8 Å². The Labute approximate surface area is 157 Å². The number of nitrogens with zero attached hydrogens (tertiary/aromatic N) is 4. The molecule has 1 saturated heterocycles. The van der Waals surface area contributed by atoms with Gasteiger partial charge in [0, 0.05) is 0 Å². The van der Waals surface area contributed by atoms with E-state index in [1.807, 2.05) is 13.1 Å². The Kier molecular flexibility index (Phi) is 5.13. The SMILES string of the molecule is CC(C)(C)[Si](C)(C)OC1[C@@H](F)[C@H](n2cnc3c(Cl)ncnc32)O[C@@H]1CO. The summed E-state index contributed by atoms with van der Waals surface area (Å²) in [6.45, 7) is 9.99. The molecule has 0 amide bonds. The zero-order chi connectivity index (χ0) is 19.3. The summed E-state index contributed by atoms with van der Waals surface area (Å²) in [6, 6.07) is 0. The van der Waals surface area contributed by atoms with Crippen LogP contribution in [0.1, 0.15) is 27.0 Å². The topological polar surface area (TPSA) is 82.3 Å². The summed E-state index contributed by atoms with van der Waals surface area (Å²) in [4.78, 5) is 12.2. The summed E-state index contributed by atoms with van der Waals surface area (Å²) in [5.41, 5.74) is 0.751. The molecule has 0 saturated carbocycles. The predicted molar refractivity (Wildman–Crippen MR) is 98.3 cm³/mol. The number of rotatable bonds is 4. The van der Waals surface area contributed by atoms with E-state index in [1.165, 1.54) is 17.2 Å². The average Bonchev–Trinajstić information content (AvgIpc) is 3.09. The van der Waals surface area contributed by atoms with Gasteiger partial charge in [-0.1, -0.05) is 32.4 Å². The van der Waals surface area contributed by atoms with Crippen LogP contribution >= 0.6 is 11.6 Å². The van der Waals surface area contributed by atoms with Crippen molar-refractivity contribution in [2.75, 3.05) is 6.61 Å². The minimum atomic E-state index is -2.25. The molecule has 0 bridgehead atoms. The van der Waals surface area contributed by atoms with Crippen LogP contribution < -0.4 is 0 Å². The summed E-state index contributed by atoms with van der Waals surface area (Å²) < 4.78 is 28.8. The van der Waals surface area contributed by atoms with Crippen molar-refractivity contribution < 1.29 is 18.7 Å². The fourth-order valence-corrected chi connectivity index (χ4v) is 4.22. The molecule has 144 valence electrons. The van der Waals surface area contributed by atoms with Crippen molar-refractivity contribution in [3.8, 4) is 0 Å². The lowest BCUT2D eigenvalue weighted by Gasteiger charge is -2.39. The molecule has 10 heteroatoms. The summed E-state index contributed by atoms with van der Waals surface area (Å²) in [7, 11) is -2.25. The Morgan fingerprint density at radius 1 is 1.35 bits per heavy atom. The van der Waals surface area contributed by atoms with Crippen molar-refractivity contribution >= 4 is 31.1 Å². The van der Waals surface area contributed by atoms with Gasteiger partial charge in [-0.05, 0) is 18.1 Å². The van der Waals surface area contributed by atoms with Gasteiger partial charge in [0.1, 0.15) is 24.1 Å². The molecule has 2 aromatic rings. The minimum absolute atomic E-state index is 0.0900. The van der Waals surface area contributed by atoms with E-state index in [0.29, 0.717) is 11.2 Å².